The SMILES string of the molecule is CCCOc1cc2c(cc1Cl)C(NC)C(=O)N2. The number of rotatable bonds is 4. The van der Waals surface area contributed by atoms with E-state index in [4.69, 9.17) is 16.3 Å². The van der Waals surface area contributed by atoms with E-state index in [1.54, 1.807) is 19.2 Å². The molecule has 1 aromatic carbocycles. The second kappa shape index (κ2) is 4.94. The Kier molecular flexibility index (Phi) is 3.54. The molecule has 0 radical (unpaired) electrons. The molecule has 0 saturated heterocycles. The van der Waals surface area contributed by atoms with E-state index in [1.807, 2.05) is 6.92 Å². The predicted octanol–water partition coefficient (Wildman–Crippen LogP) is 2.34. The third-order valence-corrected chi connectivity index (χ3v) is 2.98. The Balaban J connectivity index is 2.33. The Morgan fingerprint density at radius 2 is 2.29 bits per heavy atom. The first-order valence-electron chi connectivity index (χ1n) is 5.61. The zero-order chi connectivity index (χ0) is 12.4. The molecule has 1 aromatic rings. The molecule has 17 heavy (non-hydrogen) atoms. The van der Waals surface area contributed by atoms with Gasteiger partial charge in [0.15, 0.2) is 0 Å². The molecule has 0 spiro atoms. The Labute approximate surface area is 105 Å². The fraction of sp³-hybridized carbons (Fsp3) is 0.417. The highest BCUT2D eigenvalue weighted by Crippen LogP contribution is 2.38. The maximum Gasteiger partial charge on any atom is 0.246 e. The number of amides is 1. The minimum Gasteiger partial charge on any atom is -0.492 e. The maximum absolute atomic E-state index is 11.6. The summed E-state index contributed by atoms with van der Waals surface area (Å²) in [5.74, 6) is 0.551. The third-order valence-electron chi connectivity index (χ3n) is 2.69. The lowest BCUT2D eigenvalue weighted by Gasteiger charge is -2.10. The molecule has 0 saturated carbocycles. The van der Waals surface area contributed by atoms with Crippen LogP contribution in [-0.4, -0.2) is 19.6 Å². The molecule has 1 unspecified atom stereocenters. The average Bonchev–Trinajstić information content (AvgIpc) is 2.61. The Morgan fingerprint density at radius 3 is 2.94 bits per heavy atom. The fourth-order valence-corrected chi connectivity index (χ4v) is 2.10. The van der Waals surface area contributed by atoms with Gasteiger partial charge in [-0.25, -0.2) is 0 Å². The van der Waals surface area contributed by atoms with Crippen molar-refractivity contribution in [2.24, 2.45) is 0 Å². The van der Waals surface area contributed by atoms with Gasteiger partial charge in [0.05, 0.1) is 11.6 Å². The summed E-state index contributed by atoms with van der Waals surface area (Å²) in [5, 5.41) is 6.29. The van der Waals surface area contributed by atoms with Gasteiger partial charge in [-0.15, -0.1) is 0 Å². The van der Waals surface area contributed by atoms with Crippen LogP contribution in [0.1, 0.15) is 24.9 Å². The quantitative estimate of drug-likeness (QED) is 0.867. The number of nitrogens with one attached hydrogen (secondary N) is 2. The number of carbonyl (C=O) groups is 1. The van der Waals surface area contributed by atoms with E-state index in [0.717, 1.165) is 17.7 Å². The van der Waals surface area contributed by atoms with Crippen molar-refractivity contribution in [2.45, 2.75) is 19.4 Å². The van der Waals surface area contributed by atoms with E-state index in [9.17, 15) is 4.79 Å². The van der Waals surface area contributed by atoms with E-state index in [0.29, 0.717) is 17.4 Å². The van der Waals surface area contributed by atoms with Gasteiger partial charge in [-0.2, -0.15) is 0 Å². The van der Waals surface area contributed by atoms with Crippen LogP contribution in [0.5, 0.6) is 5.75 Å². The molecule has 1 heterocycles. The van der Waals surface area contributed by atoms with Crippen molar-refractivity contribution < 1.29 is 9.53 Å². The summed E-state index contributed by atoms with van der Waals surface area (Å²) in [6.45, 7) is 2.64. The Bertz CT molecular complexity index is 448. The highest BCUT2D eigenvalue weighted by atomic mass is 35.5. The molecular weight excluding hydrogens is 240 g/mol. The molecule has 92 valence electrons. The summed E-state index contributed by atoms with van der Waals surface area (Å²) in [5.41, 5.74) is 1.64. The van der Waals surface area contributed by atoms with Gasteiger partial charge in [-0.05, 0) is 19.5 Å². The van der Waals surface area contributed by atoms with Crippen LogP contribution in [0.2, 0.25) is 5.02 Å². The molecule has 0 aromatic heterocycles. The zero-order valence-corrected chi connectivity index (χ0v) is 10.6. The van der Waals surface area contributed by atoms with Gasteiger partial charge in [0.25, 0.3) is 0 Å². The predicted molar refractivity (Wildman–Crippen MR) is 67.7 cm³/mol. The van der Waals surface area contributed by atoms with Crippen LogP contribution in [0.3, 0.4) is 0 Å². The van der Waals surface area contributed by atoms with E-state index in [-0.39, 0.29) is 11.9 Å². The van der Waals surface area contributed by atoms with E-state index >= 15 is 0 Å². The van der Waals surface area contributed by atoms with Gasteiger partial charge in [0, 0.05) is 17.3 Å². The molecule has 5 heteroatoms. The fourth-order valence-electron chi connectivity index (χ4n) is 1.87. The number of ether oxygens (including phenoxy) is 1. The lowest BCUT2D eigenvalue weighted by atomic mass is 10.1. The second-order valence-electron chi connectivity index (χ2n) is 3.93. The number of benzene rings is 1. The second-order valence-corrected chi connectivity index (χ2v) is 4.34. The lowest BCUT2D eigenvalue weighted by molar-refractivity contribution is -0.117. The first kappa shape index (κ1) is 12.2. The summed E-state index contributed by atoms with van der Waals surface area (Å²) in [6, 6.07) is 3.23. The summed E-state index contributed by atoms with van der Waals surface area (Å²) in [4.78, 5) is 11.6. The van der Waals surface area contributed by atoms with Gasteiger partial charge >= 0.3 is 0 Å². The number of carbonyl (C=O) groups excluding carboxylic acids is 1. The number of halogens is 1. The van der Waals surface area contributed by atoms with Crippen LogP contribution < -0.4 is 15.4 Å². The third kappa shape index (κ3) is 2.23. The topological polar surface area (TPSA) is 50.4 Å². The Morgan fingerprint density at radius 1 is 1.53 bits per heavy atom. The van der Waals surface area contributed by atoms with Crippen LogP contribution in [0.25, 0.3) is 0 Å². The normalized spacial score (nSPS) is 17.8. The van der Waals surface area contributed by atoms with Gasteiger partial charge in [0.1, 0.15) is 11.8 Å². The first-order valence-corrected chi connectivity index (χ1v) is 5.99. The van der Waals surface area contributed by atoms with Gasteiger partial charge in [-0.3, -0.25) is 4.79 Å². The average molecular weight is 255 g/mol. The molecule has 1 amide bonds. The van der Waals surface area contributed by atoms with E-state index < -0.39 is 0 Å². The number of fused-ring (bicyclic) bond motifs is 1. The molecule has 0 aliphatic carbocycles. The number of likely N-dealkylation sites (N-methyl/N-ethyl adjacent to an activating group) is 1. The molecule has 1 aliphatic heterocycles. The summed E-state index contributed by atoms with van der Waals surface area (Å²) < 4.78 is 5.51. The summed E-state index contributed by atoms with van der Waals surface area (Å²) in [7, 11) is 1.74. The first-order chi connectivity index (χ1) is 8.17. The number of anilines is 1. The molecule has 0 fully saturated rings. The largest absolute Gasteiger partial charge is 0.492 e. The number of hydrogen-bond donors (Lipinski definition) is 2. The zero-order valence-electron chi connectivity index (χ0n) is 9.84. The van der Waals surface area contributed by atoms with Crippen LogP contribution in [0.15, 0.2) is 12.1 Å². The molecule has 1 atom stereocenters. The molecule has 1 aliphatic rings. The van der Waals surface area contributed by atoms with Gasteiger partial charge < -0.3 is 15.4 Å². The molecule has 0 bridgehead atoms. The summed E-state index contributed by atoms with van der Waals surface area (Å²) in [6.07, 6.45) is 0.916. The molecular formula is C12H15ClN2O2. The van der Waals surface area contributed by atoms with Crippen molar-refractivity contribution in [1.29, 1.82) is 0 Å². The lowest BCUT2D eigenvalue weighted by Crippen LogP contribution is -2.23. The van der Waals surface area contributed by atoms with Crippen molar-refractivity contribution in [2.75, 3.05) is 19.0 Å². The van der Waals surface area contributed by atoms with Crippen LogP contribution in [-0.2, 0) is 4.79 Å². The smallest absolute Gasteiger partial charge is 0.246 e. The monoisotopic (exact) mass is 254 g/mol. The van der Waals surface area contributed by atoms with Crippen LogP contribution in [0.4, 0.5) is 5.69 Å². The van der Waals surface area contributed by atoms with Crippen molar-refractivity contribution in [3.05, 3.63) is 22.7 Å². The minimum absolute atomic E-state index is 0.0637. The minimum atomic E-state index is -0.331. The molecule has 4 nitrogen and oxygen atoms in total. The molecule has 2 N–H and O–H groups in total. The molecule has 2 rings (SSSR count). The van der Waals surface area contributed by atoms with E-state index in [2.05, 4.69) is 10.6 Å². The van der Waals surface area contributed by atoms with E-state index in [1.165, 1.54) is 0 Å². The van der Waals surface area contributed by atoms with Crippen molar-refractivity contribution in [1.82, 2.24) is 5.32 Å². The van der Waals surface area contributed by atoms with Crippen LogP contribution >= 0.6 is 11.6 Å². The highest BCUT2D eigenvalue weighted by molar-refractivity contribution is 6.32. The van der Waals surface area contributed by atoms with Crippen molar-refractivity contribution >= 4 is 23.2 Å². The standard InChI is InChI=1S/C12H15ClN2O2/c1-3-4-17-10-6-9-7(5-8(10)13)11(14-2)12(16)15-9/h5-6,11,14H,3-4H2,1-2H3,(H,15,16). The van der Waals surface area contributed by atoms with Crippen LogP contribution in [0, 0.1) is 0 Å². The summed E-state index contributed by atoms with van der Waals surface area (Å²) >= 11 is 6.12. The van der Waals surface area contributed by atoms with Crippen molar-refractivity contribution in [3.63, 3.8) is 0 Å². The number of hydrogen-bond acceptors (Lipinski definition) is 3. The Hall–Kier alpha value is -1.26. The van der Waals surface area contributed by atoms with Gasteiger partial charge in [0.2, 0.25) is 5.91 Å². The van der Waals surface area contributed by atoms with Crippen molar-refractivity contribution in [3.8, 4) is 5.75 Å². The highest BCUT2D eigenvalue weighted by Gasteiger charge is 2.30. The maximum atomic E-state index is 11.6. The van der Waals surface area contributed by atoms with Gasteiger partial charge in [-0.1, -0.05) is 18.5 Å².